The maximum absolute atomic E-state index is 12.4. The minimum atomic E-state index is -6.34. The van der Waals surface area contributed by atoms with Crippen LogP contribution in [0.25, 0.3) is 0 Å². The van der Waals surface area contributed by atoms with E-state index < -0.39 is 43.1 Å². The summed E-state index contributed by atoms with van der Waals surface area (Å²) >= 11 is 3.81. The maximum Gasteiger partial charge on any atom is 0.437 e. The van der Waals surface area contributed by atoms with Crippen LogP contribution < -0.4 is 0 Å². The average Bonchev–Trinajstić information content (AvgIpc) is 2.47. The predicted octanol–water partition coefficient (Wildman–Crippen LogP) is 3.45. The summed E-state index contributed by atoms with van der Waals surface area (Å²) in [5.41, 5.74) is -5.56. The first-order valence-corrected chi connectivity index (χ1v) is 8.52. The molecule has 0 bridgehead atoms. The molecule has 0 heterocycles. The van der Waals surface area contributed by atoms with Crippen LogP contribution in [0.1, 0.15) is 10.4 Å². The van der Waals surface area contributed by atoms with Gasteiger partial charge in [0, 0.05) is 7.14 Å². The molecule has 0 aliphatic carbocycles. The lowest BCUT2D eigenvalue weighted by molar-refractivity contribution is -0.357. The SMILES string of the molecule is O=C(OCCOC(=O)C(O)(C(F)(F)F)C(F)(F)F)c1ccc(I)cc1I. The van der Waals surface area contributed by atoms with Gasteiger partial charge in [-0.2, -0.15) is 26.3 Å². The van der Waals surface area contributed by atoms with Crippen LogP contribution in [0.3, 0.4) is 0 Å². The standard InChI is InChI=1S/C13H8F6I2O5/c14-12(15,16)11(24,13(17,18)19)10(23)26-4-3-25-9(22)7-2-1-6(20)5-8(7)21/h1-2,5,24H,3-4H2. The van der Waals surface area contributed by atoms with Crippen molar-refractivity contribution in [2.45, 2.75) is 18.0 Å². The molecule has 0 unspecified atom stereocenters. The third-order valence-electron chi connectivity index (χ3n) is 2.82. The minimum absolute atomic E-state index is 0.111. The average molecular weight is 612 g/mol. The predicted molar refractivity (Wildman–Crippen MR) is 90.2 cm³/mol. The Kier molecular flexibility index (Phi) is 7.54. The van der Waals surface area contributed by atoms with E-state index in [0.29, 0.717) is 3.57 Å². The quantitative estimate of drug-likeness (QED) is 0.239. The first kappa shape index (κ1) is 23.2. The van der Waals surface area contributed by atoms with Gasteiger partial charge in [0.05, 0.1) is 5.56 Å². The van der Waals surface area contributed by atoms with E-state index in [-0.39, 0.29) is 5.56 Å². The Morgan fingerprint density at radius 3 is 1.92 bits per heavy atom. The Balaban J connectivity index is 2.67. The van der Waals surface area contributed by atoms with Gasteiger partial charge in [-0.1, -0.05) is 0 Å². The summed E-state index contributed by atoms with van der Waals surface area (Å²) in [6.45, 7) is -1.92. The fraction of sp³-hybridized carbons (Fsp3) is 0.385. The molecule has 0 saturated carbocycles. The Bertz CT molecular complexity index is 675. The summed E-state index contributed by atoms with van der Waals surface area (Å²) in [4.78, 5) is 22.9. The summed E-state index contributed by atoms with van der Waals surface area (Å²) in [6.07, 6.45) is -12.7. The van der Waals surface area contributed by atoms with E-state index in [2.05, 4.69) is 9.47 Å². The first-order valence-electron chi connectivity index (χ1n) is 6.37. The van der Waals surface area contributed by atoms with Gasteiger partial charge in [0.15, 0.2) is 0 Å². The molecule has 1 rings (SSSR count). The lowest BCUT2D eigenvalue weighted by Gasteiger charge is -2.29. The van der Waals surface area contributed by atoms with Crippen molar-refractivity contribution in [2.75, 3.05) is 13.2 Å². The third kappa shape index (κ3) is 5.11. The first-order chi connectivity index (χ1) is 11.7. The number of aliphatic hydroxyl groups is 1. The van der Waals surface area contributed by atoms with E-state index in [0.717, 1.165) is 3.57 Å². The fourth-order valence-corrected chi connectivity index (χ4v) is 3.32. The number of hydrogen-bond acceptors (Lipinski definition) is 5. The van der Waals surface area contributed by atoms with E-state index in [1.165, 1.54) is 6.07 Å². The number of carbonyl (C=O) groups is 2. The monoisotopic (exact) mass is 612 g/mol. The van der Waals surface area contributed by atoms with Crippen molar-refractivity contribution >= 4 is 57.1 Å². The Morgan fingerprint density at radius 1 is 0.962 bits per heavy atom. The second kappa shape index (κ2) is 8.45. The number of hydrogen-bond donors (Lipinski definition) is 1. The summed E-state index contributed by atoms with van der Waals surface area (Å²) in [5.74, 6) is -3.87. The number of halogens is 8. The molecule has 0 saturated heterocycles. The molecule has 13 heteroatoms. The van der Waals surface area contributed by atoms with Crippen LogP contribution in [0.5, 0.6) is 0 Å². The highest BCUT2D eigenvalue weighted by atomic mass is 127. The highest BCUT2D eigenvalue weighted by molar-refractivity contribution is 14.1. The van der Waals surface area contributed by atoms with Crippen LogP contribution in [0, 0.1) is 7.14 Å². The normalized spacial score (nSPS) is 12.7. The van der Waals surface area contributed by atoms with Gasteiger partial charge in [-0.3, -0.25) is 0 Å². The summed E-state index contributed by atoms with van der Waals surface area (Å²) in [5, 5.41) is 8.77. The van der Waals surface area contributed by atoms with Crippen molar-refractivity contribution in [2.24, 2.45) is 0 Å². The lowest BCUT2D eigenvalue weighted by atomic mass is 10.0. The van der Waals surface area contributed by atoms with Crippen LogP contribution in [-0.4, -0.2) is 48.2 Å². The van der Waals surface area contributed by atoms with Crippen molar-refractivity contribution in [3.05, 3.63) is 30.9 Å². The van der Waals surface area contributed by atoms with E-state index in [1.807, 2.05) is 45.2 Å². The molecule has 0 fully saturated rings. The molecule has 5 nitrogen and oxygen atoms in total. The molecule has 1 aromatic carbocycles. The molecule has 0 spiro atoms. The van der Waals surface area contributed by atoms with Crippen molar-refractivity contribution in [1.82, 2.24) is 0 Å². The molecule has 0 aromatic heterocycles. The van der Waals surface area contributed by atoms with Gasteiger partial charge in [0.1, 0.15) is 13.2 Å². The molecule has 0 amide bonds. The largest absolute Gasteiger partial charge is 0.459 e. The highest BCUT2D eigenvalue weighted by Crippen LogP contribution is 2.43. The molecule has 26 heavy (non-hydrogen) atoms. The van der Waals surface area contributed by atoms with Crippen molar-refractivity contribution in [3.8, 4) is 0 Å². The zero-order valence-electron chi connectivity index (χ0n) is 12.3. The molecule has 0 radical (unpaired) electrons. The molecule has 1 N–H and O–H groups in total. The number of ether oxygens (including phenoxy) is 2. The number of esters is 2. The Morgan fingerprint density at radius 2 is 1.46 bits per heavy atom. The van der Waals surface area contributed by atoms with E-state index in [4.69, 9.17) is 5.11 Å². The van der Waals surface area contributed by atoms with Gasteiger partial charge in [0.2, 0.25) is 0 Å². The molecular formula is C13H8F6I2O5. The van der Waals surface area contributed by atoms with Gasteiger partial charge in [-0.15, -0.1) is 0 Å². The van der Waals surface area contributed by atoms with Crippen LogP contribution in [0.15, 0.2) is 18.2 Å². The van der Waals surface area contributed by atoms with Gasteiger partial charge >= 0.3 is 29.9 Å². The molecule has 0 atom stereocenters. The minimum Gasteiger partial charge on any atom is -0.459 e. The molecule has 146 valence electrons. The van der Waals surface area contributed by atoms with Crippen LogP contribution in [-0.2, 0) is 14.3 Å². The van der Waals surface area contributed by atoms with Crippen LogP contribution >= 0.6 is 45.2 Å². The number of rotatable bonds is 5. The number of benzene rings is 1. The number of carbonyl (C=O) groups excluding carboxylic acids is 2. The Hall–Kier alpha value is -0.840. The topological polar surface area (TPSA) is 72.8 Å². The van der Waals surface area contributed by atoms with Crippen molar-refractivity contribution in [1.29, 1.82) is 0 Å². The van der Waals surface area contributed by atoms with E-state index >= 15 is 0 Å². The van der Waals surface area contributed by atoms with Gasteiger partial charge in [-0.05, 0) is 63.4 Å². The van der Waals surface area contributed by atoms with Crippen LogP contribution in [0.4, 0.5) is 26.3 Å². The Labute approximate surface area is 169 Å². The van der Waals surface area contributed by atoms with Gasteiger partial charge in [-0.25, -0.2) is 9.59 Å². The van der Waals surface area contributed by atoms with Gasteiger partial charge in [0.25, 0.3) is 0 Å². The number of alkyl halides is 6. The van der Waals surface area contributed by atoms with E-state index in [9.17, 15) is 35.9 Å². The summed E-state index contributed by atoms with van der Waals surface area (Å²) < 4.78 is 84.3. The second-order valence-corrected chi connectivity index (χ2v) is 7.01. The fourth-order valence-electron chi connectivity index (χ4n) is 1.50. The smallest absolute Gasteiger partial charge is 0.437 e. The summed E-state index contributed by atoms with van der Waals surface area (Å²) in [6, 6.07) is 4.61. The zero-order valence-corrected chi connectivity index (χ0v) is 16.6. The van der Waals surface area contributed by atoms with Crippen LogP contribution in [0.2, 0.25) is 0 Å². The van der Waals surface area contributed by atoms with Gasteiger partial charge < -0.3 is 14.6 Å². The lowest BCUT2D eigenvalue weighted by Crippen LogP contribution is -2.63. The maximum atomic E-state index is 12.4. The molecule has 0 aliphatic heterocycles. The third-order valence-corrected chi connectivity index (χ3v) is 4.38. The zero-order chi connectivity index (χ0) is 20.3. The second-order valence-electron chi connectivity index (χ2n) is 4.60. The van der Waals surface area contributed by atoms with E-state index in [1.54, 1.807) is 12.1 Å². The molecular weight excluding hydrogens is 604 g/mol. The molecule has 0 aliphatic rings. The van der Waals surface area contributed by atoms with Crippen molar-refractivity contribution < 1.29 is 50.5 Å². The molecule has 1 aromatic rings. The highest BCUT2D eigenvalue weighted by Gasteiger charge is 2.76. The summed E-state index contributed by atoms with van der Waals surface area (Å²) in [7, 11) is 0. The van der Waals surface area contributed by atoms with Crippen molar-refractivity contribution in [3.63, 3.8) is 0 Å².